The van der Waals surface area contributed by atoms with E-state index in [-0.39, 0.29) is 5.69 Å². The van der Waals surface area contributed by atoms with E-state index in [9.17, 15) is 15.2 Å². The molecule has 0 amide bonds. The molecule has 21 heavy (non-hydrogen) atoms. The second-order valence-corrected chi connectivity index (χ2v) is 6.12. The summed E-state index contributed by atoms with van der Waals surface area (Å²) >= 11 is 1.36. The molecule has 1 N–H and O–H groups in total. The zero-order valence-electron chi connectivity index (χ0n) is 12.2. The summed E-state index contributed by atoms with van der Waals surface area (Å²) in [5.41, 5.74) is 2.92. The molecule has 2 aromatic rings. The molecular weight excluding hydrogens is 286 g/mol. The molecule has 0 aliphatic heterocycles. The van der Waals surface area contributed by atoms with Gasteiger partial charge in [0, 0.05) is 11.0 Å². The summed E-state index contributed by atoms with van der Waals surface area (Å²) < 4.78 is 0. The number of nitrogens with zero attached hydrogens (tertiary/aromatic N) is 1. The fraction of sp³-hybridized carbons (Fsp3) is 0.250. The van der Waals surface area contributed by atoms with Crippen molar-refractivity contribution in [2.24, 2.45) is 0 Å². The number of nitro groups is 1. The van der Waals surface area contributed by atoms with Crippen molar-refractivity contribution in [3.63, 3.8) is 0 Å². The number of hydrogen-bond donors (Lipinski definition) is 1. The first-order chi connectivity index (χ1) is 9.88. The molecule has 0 fully saturated rings. The van der Waals surface area contributed by atoms with Crippen LogP contribution in [0, 0.1) is 24.0 Å². The predicted molar refractivity (Wildman–Crippen MR) is 83.8 cm³/mol. The maximum absolute atomic E-state index is 11.2. The van der Waals surface area contributed by atoms with Gasteiger partial charge < -0.3 is 5.11 Å². The van der Waals surface area contributed by atoms with Crippen molar-refractivity contribution in [3.8, 4) is 0 Å². The van der Waals surface area contributed by atoms with E-state index in [4.69, 9.17) is 0 Å². The standard InChI is InChI=1S/C16H17NO3S/c1-10-4-6-14(8-11(10)2)21-16-7-5-13(12(3)18)9-15(16)17(19)20/h4-9,12,18H,1-3H3. The molecule has 1 unspecified atom stereocenters. The number of aliphatic hydroxyl groups excluding tert-OH is 1. The predicted octanol–water partition coefficient (Wildman–Crippen LogP) is 4.42. The molecule has 0 saturated carbocycles. The molecule has 0 bridgehead atoms. The monoisotopic (exact) mass is 303 g/mol. The first-order valence-electron chi connectivity index (χ1n) is 6.60. The number of nitro benzene ring substituents is 1. The summed E-state index contributed by atoms with van der Waals surface area (Å²) in [6.07, 6.45) is -0.718. The second kappa shape index (κ2) is 6.28. The van der Waals surface area contributed by atoms with Crippen LogP contribution in [0.5, 0.6) is 0 Å². The quantitative estimate of drug-likeness (QED) is 0.671. The van der Waals surface area contributed by atoms with Gasteiger partial charge in [0.2, 0.25) is 0 Å². The van der Waals surface area contributed by atoms with Gasteiger partial charge in [0.1, 0.15) is 0 Å². The molecule has 0 aliphatic carbocycles. The summed E-state index contributed by atoms with van der Waals surface area (Å²) in [6.45, 7) is 5.64. The van der Waals surface area contributed by atoms with Gasteiger partial charge in [0.25, 0.3) is 5.69 Å². The Hall–Kier alpha value is -1.85. The van der Waals surface area contributed by atoms with Gasteiger partial charge >= 0.3 is 0 Å². The molecule has 4 nitrogen and oxygen atoms in total. The maximum atomic E-state index is 11.2. The highest BCUT2D eigenvalue weighted by molar-refractivity contribution is 7.99. The van der Waals surface area contributed by atoms with Crippen molar-refractivity contribution in [2.45, 2.75) is 36.7 Å². The molecule has 0 aliphatic rings. The van der Waals surface area contributed by atoms with Crippen LogP contribution in [0.1, 0.15) is 29.7 Å². The average molecular weight is 303 g/mol. The van der Waals surface area contributed by atoms with Crippen LogP contribution in [-0.4, -0.2) is 10.0 Å². The highest BCUT2D eigenvalue weighted by Gasteiger charge is 2.17. The van der Waals surface area contributed by atoms with Crippen molar-refractivity contribution in [1.82, 2.24) is 0 Å². The molecule has 2 rings (SSSR count). The SMILES string of the molecule is Cc1ccc(Sc2ccc(C(C)O)cc2[N+](=O)[O-])cc1C. The number of rotatable bonds is 4. The Morgan fingerprint density at radius 1 is 1.14 bits per heavy atom. The Bertz CT molecular complexity index is 683. The largest absolute Gasteiger partial charge is 0.389 e. The van der Waals surface area contributed by atoms with E-state index in [1.54, 1.807) is 19.1 Å². The zero-order valence-corrected chi connectivity index (χ0v) is 13.0. The molecule has 0 saturated heterocycles. The van der Waals surface area contributed by atoms with Gasteiger partial charge in [-0.15, -0.1) is 0 Å². The normalized spacial score (nSPS) is 12.2. The average Bonchev–Trinajstić information content (AvgIpc) is 2.43. The smallest absolute Gasteiger partial charge is 0.283 e. The van der Waals surface area contributed by atoms with Crippen molar-refractivity contribution in [1.29, 1.82) is 0 Å². The molecule has 0 aromatic heterocycles. The summed E-state index contributed by atoms with van der Waals surface area (Å²) in [7, 11) is 0. The van der Waals surface area contributed by atoms with Crippen molar-refractivity contribution in [2.75, 3.05) is 0 Å². The van der Waals surface area contributed by atoms with Crippen molar-refractivity contribution in [3.05, 3.63) is 63.2 Å². The molecule has 0 spiro atoms. The third kappa shape index (κ3) is 3.62. The minimum Gasteiger partial charge on any atom is -0.389 e. The number of aliphatic hydroxyl groups is 1. The lowest BCUT2D eigenvalue weighted by Crippen LogP contribution is -1.96. The molecule has 1 atom stereocenters. The molecule has 110 valence electrons. The summed E-state index contributed by atoms with van der Waals surface area (Å²) in [5.74, 6) is 0. The third-order valence-electron chi connectivity index (χ3n) is 3.37. The van der Waals surface area contributed by atoms with Crippen LogP contribution >= 0.6 is 11.8 Å². The van der Waals surface area contributed by atoms with Crippen LogP contribution < -0.4 is 0 Å². The lowest BCUT2D eigenvalue weighted by Gasteiger charge is -2.09. The fourth-order valence-corrected chi connectivity index (χ4v) is 2.93. The van der Waals surface area contributed by atoms with Gasteiger partial charge in [-0.2, -0.15) is 0 Å². The lowest BCUT2D eigenvalue weighted by atomic mass is 10.1. The first-order valence-corrected chi connectivity index (χ1v) is 7.41. The Morgan fingerprint density at radius 2 is 1.86 bits per heavy atom. The van der Waals surface area contributed by atoms with Crippen LogP contribution in [0.2, 0.25) is 0 Å². The number of hydrogen-bond acceptors (Lipinski definition) is 4. The maximum Gasteiger partial charge on any atom is 0.283 e. The van der Waals surface area contributed by atoms with E-state index >= 15 is 0 Å². The van der Waals surface area contributed by atoms with Crippen molar-refractivity contribution >= 4 is 17.4 Å². The minimum absolute atomic E-state index is 0.0247. The van der Waals surface area contributed by atoms with E-state index in [1.165, 1.54) is 23.4 Å². The Labute approximate surface area is 128 Å². The molecular formula is C16H17NO3S. The van der Waals surface area contributed by atoms with Crippen LogP contribution in [0.3, 0.4) is 0 Å². The van der Waals surface area contributed by atoms with Gasteiger partial charge in [0.05, 0.1) is 15.9 Å². The summed E-state index contributed by atoms with van der Waals surface area (Å²) in [5, 5.41) is 20.8. The number of benzene rings is 2. The summed E-state index contributed by atoms with van der Waals surface area (Å²) in [6, 6.07) is 10.8. The lowest BCUT2D eigenvalue weighted by molar-refractivity contribution is -0.387. The van der Waals surface area contributed by atoms with Crippen LogP contribution in [-0.2, 0) is 0 Å². The van der Waals surface area contributed by atoms with Crippen LogP contribution in [0.15, 0.2) is 46.2 Å². The topological polar surface area (TPSA) is 63.4 Å². The Balaban J connectivity index is 2.39. The van der Waals surface area contributed by atoms with E-state index in [0.717, 1.165) is 10.5 Å². The van der Waals surface area contributed by atoms with Crippen LogP contribution in [0.4, 0.5) is 5.69 Å². The van der Waals surface area contributed by atoms with Gasteiger partial charge in [-0.25, -0.2) is 0 Å². The third-order valence-corrected chi connectivity index (χ3v) is 4.42. The summed E-state index contributed by atoms with van der Waals surface area (Å²) in [4.78, 5) is 12.4. The fourth-order valence-electron chi connectivity index (χ4n) is 1.93. The molecule has 0 heterocycles. The van der Waals surface area contributed by atoms with E-state index in [2.05, 4.69) is 0 Å². The van der Waals surface area contributed by atoms with Crippen LogP contribution in [0.25, 0.3) is 0 Å². The molecule has 5 heteroatoms. The molecule has 2 aromatic carbocycles. The van der Waals surface area contributed by atoms with Gasteiger partial charge in [0.15, 0.2) is 0 Å². The first kappa shape index (κ1) is 15.5. The van der Waals surface area contributed by atoms with Gasteiger partial charge in [-0.3, -0.25) is 10.1 Å². The van der Waals surface area contributed by atoms with E-state index in [0.29, 0.717) is 10.5 Å². The number of aryl methyl sites for hydroxylation is 2. The van der Waals surface area contributed by atoms with Crippen molar-refractivity contribution < 1.29 is 10.0 Å². The van der Waals surface area contributed by atoms with E-state index in [1.807, 2.05) is 32.0 Å². The van der Waals surface area contributed by atoms with Gasteiger partial charge in [-0.05, 0) is 55.7 Å². The zero-order chi connectivity index (χ0) is 15.6. The highest BCUT2D eigenvalue weighted by Crippen LogP contribution is 2.36. The second-order valence-electron chi connectivity index (χ2n) is 5.01. The highest BCUT2D eigenvalue weighted by atomic mass is 32.2. The van der Waals surface area contributed by atoms with E-state index < -0.39 is 11.0 Å². The Kier molecular flexibility index (Phi) is 4.65. The minimum atomic E-state index is -0.718. The molecule has 0 radical (unpaired) electrons. The Morgan fingerprint density at radius 3 is 2.43 bits per heavy atom. The van der Waals surface area contributed by atoms with Gasteiger partial charge in [-0.1, -0.05) is 23.9 Å².